The summed E-state index contributed by atoms with van der Waals surface area (Å²) in [5, 5.41) is 12.4. The third-order valence-electron chi connectivity index (χ3n) is 2.79. The number of phenols is 1. The van der Waals surface area contributed by atoms with E-state index >= 15 is 0 Å². The zero-order valence-corrected chi connectivity index (χ0v) is 11.8. The van der Waals surface area contributed by atoms with E-state index in [9.17, 15) is 9.50 Å². The fourth-order valence-electron chi connectivity index (χ4n) is 1.92. The Hall–Kier alpha value is -1.06. The summed E-state index contributed by atoms with van der Waals surface area (Å²) in [6, 6.07) is 6.33. The summed E-state index contributed by atoms with van der Waals surface area (Å²) >= 11 is 5.84. The second kappa shape index (κ2) is 4.00. The maximum atomic E-state index is 13.7. The van der Waals surface area contributed by atoms with Crippen LogP contribution in [0.25, 0.3) is 10.8 Å². The highest BCUT2D eigenvalue weighted by Gasteiger charge is 2.21. The topological polar surface area (TPSA) is 20.2 Å². The number of halogens is 2. The summed E-state index contributed by atoms with van der Waals surface area (Å²) in [6.07, 6.45) is 0. The third kappa shape index (κ3) is 2.30. The van der Waals surface area contributed by atoms with Gasteiger partial charge in [-0.1, -0.05) is 37.3 Å². The number of hydrogen-bond acceptors (Lipinski definition) is 1. The molecule has 2 aromatic carbocycles. The molecule has 4 heteroatoms. The summed E-state index contributed by atoms with van der Waals surface area (Å²) < 4.78 is 13.7. The minimum atomic E-state index is -1.65. The van der Waals surface area contributed by atoms with Crippen LogP contribution in [-0.2, 0) is 0 Å². The van der Waals surface area contributed by atoms with Crippen LogP contribution < -0.4 is 5.19 Å². The van der Waals surface area contributed by atoms with Gasteiger partial charge in [-0.15, -0.1) is 0 Å². The molecule has 0 atom stereocenters. The smallest absolute Gasteiger partial charge is 0.132 e. The van der Waals surface area contributed by atoms with Crippen LogP contribution >= 0.6 is 11.6 Å². The molecule has 0 bridgehead atoms. The Balaban J connectivity index is 2.81. The van der Waals surface area contributed by atoms with Gasteiger partial charge < -0.3 is 5.11 Å². The van der Waals surface area contributed by atoms with Gasteiger partial charge >= 0.3 is 0 Å². The number of fused-ring (bicyclic) bond motifs is 1. The van der Waals surface area contributed by atoms with Crippen LogP contribution in [0.1, 0.15) is 0 Å². The molecule has 0 aliphatic carbocycles. The van der Waals surface area contributed by atoms with Gasteiger partial charge in [0.2, 0.25) is 0 Å². The van der Waals surface area contributed by atoms with E-state index in [0.29, 0.717) is 10.4 Å². The quantitative estimate of drug-likeness (QED) is 0.778. The second-order valence-corrected chi connectivity index (χ2v) is 10.7. The molecule has 0 aromatic heterocycles. The first-order chi connectivity index (χ1) is 7.79. The van der Waals surface area contributed by atoms with Crippen LogP contribution in [0.2, 0.25) is 24.7 Å². The molecule has 1 nitrogen and oxygen atoms in total. The van der Waals surface area contributed by atoms with E-state index in [2.05, 4.69) is 19.6 Å². The van der Waals surface area contributed by atoms with Gasteiger partial charge in [0.1, 0.15) is 11.6 Å². The highest BCUT2D eigenvalue weighted by molar-refractivity contribution is 6.89. The highest BCUT2D eigenvalue weighted by Crippen LogP contribution is 2.26. The Labute approximate surface area is 106 Å². The van der Waals surface area contributed by atoms with Crippen molar-refractivity contribution >= 4 is 35.6 Å². The average molecular weight is 269 g/mol. The van der Waals surface area contributed by atoms with E-state index in [1.165, 1.54) is 12.1 Å². The van der Waals surface area contributed by atoms with Crippen LogP contribution in [0.5, 0.6) is 5.75 Å². The fraction of sp³-hybridized carbons (Fsp3) is 0.231. The van der Waals surface area contributed by atoms with Crippen LogP contribution in [-0.4, -0.2) is 13.2 Å². The average Bonchev–Trinajstić information content (AvgIpc) is 2.16. The van der Waals surface area contributed by atoms with Gasteiger partial charge in [-0.25, -0.2) is 4.39 Å². The number of hydrogen-bond donors (Lipinski definition) is 1. The van der Waals surface area contributed by atoms with Crippen LogP contribution in [0.4, 0.5) is 4.39 Å². The largest absolute Gasteiger partial charge is 0.508 e. The van der Waals surface area contributed by atoms with Gasteiger partial charge in [-0.05, 0) is 28.8 Å². The SMILES string of the molecule is C[Si](C)(C)c1cc2cc(Cl)cc(F)c2cc1O. The molecule has 0 spiro atoms. The molecule has 2 aromatic rings. The number of rotatable bonds is 1. The van der Waals surface area contributed by atoms with E-state index in [4.69, 9.17) is 11.6 Å². The standard InChI is InChI=1S/C13H14ClFOSi/c1-17(2,3)13-5-8-4-9(14)6-11(15)10(8)7-12(13)16/h4-7,16H,1-3H3. The molecular formula is C13H14ClFOSi. The molecular weight excluding hydrogens is 255 g/mol. The molecule has 0 fully saturated rings. The van der Waals surface area contributed by atoms with Crippen molar-refractivity contribution in [3.8, 4) is 5.75 Å². The number of aromatic hydroxyl groups is 1. The lowest BCUT2D eigenvalue weighted by atomic mass is 10.1. The normalized spacial score (nSPS) is 12.1. The number of phenolic OH excluding ortho intramolecular Hbond substituents is 1. The molecule has 0 radical (unpaired) electrons. The molecule has 0 heterocycles. The van der Waals surface area contributed by atoms with Gasteiger partial charge in [0.15, 0.2) is 0 Å². The Morgan fingerprint density at radius 2 is 1.76 bits per heavy atom. The van der Waals surface area contributed by atoms with E-state index in [0.717, 1.165) is 10.6 Å². The van der Waals surface area contributed by atoms with Crippen molar-refractivity contribution in [1.29, 1.82) is 0 Å². The van der Waals surface area contributed by atoms with Crippen LogP contribution in [0, 0.1) is 5.82 Å². The van der Waals surface area contributed by atoms with Gasteiger partial charge in [0.05, 0.1) is 8.07 Å². The summed E-state index contributed by atoms with van der Waals surface area (Å²) in [6.45, 7) is 6.40. The van der Waals surface area contributed by atoms with E-state index in [1.54, 1.807) is 6.07 Å². The second-order valence-electron chi connectivity index (χ2n) is 5.23. The third-order valence-corrected chi connectivity index (χ3v) is 5.03. The van der Waals surface area contributed by atoms with Crippen molar-refractivity contribution in [2.75, 3.05) is 0 Å². The lowest BCUT2D eigenvalue weighted by Gasteiger charge is -2.19. The summed E-state index contributed by atoms with van der Waals surface area (Å²) in [7, 11) is -1.65. The summed E-state index contributed by atoms with van der Waals surface area (Å²) in [4.78, 5) is 0. The molecule has 1 N–H and O–H groups in total. The monoisotopic (exact) mass is 268 g/mol. The molecule has 0 saturated carbocycles. The minimum absolute atomic E-state index is 0.179. The van der Waals surface area contributed by atoms with Gasteiger partial charge in [0, 0.05) is 10.4 Å². The van der Waals surface area contributed by atoms with Crippen molar-refractivity contribution in [2.24, 2.45) is 0 Å². The molecule has 0 aliphatic heterocycles. The Kier molecular flexibility index (Phi) is 2.92. The van der Waals surface area contributed by atoms with Crippen molar-refractivity contribution < 1.29 is 9.50 Å². The molecule has 0 saturated heterocycles. The zero-order chi connectivity index (χ0) is 12.8. The first-order valence-electron chi connectivity index (χ1n) is 5.41. The molecule has 0 amide bonds. The lowest BCUT2D eigenvalue weighted by Crippen LogP contribution is -2.37. The molecule has 17 heavy (non-hydrogen) atoms. The van der Waals surface area contributed by atoms with Crippen molar-refractivity contribution in [1.82, 2.24) is 0 Å². The summed E-state index contributed by atoms with van der Waals surface area (Å²) in [5.41, 5.74) is 0. The Morgan fingerprint density at radius 1 is 1.12 bits per heavy atom. The molecule has 90 valence electrons. The fourth-order valence-corrected chi connectivity index (χ4v) is 3.56. The first-order valence-corrected chi connectivity index (χ1v) is 9.29. The lowest BCUT2D eigenvalue weighted by molar-refractivity contribution is 0.479. The minimum Gasteiger partial charge on any atom is -0.508 e. The van der Waals surface area contributed by atoms with Crippen molar-refractivity contribution in [3.05, 3.63) is 35.1 Å². The predicted octanol–water partition coefficient (Wildman–Crippen LogP) is 3.88. The number of benzene rings is 2. The maximum Gasteiger partial charge on any atom is 0.132 e. The molecule has 2 rings (SSSR count). The van der Waals surface area contributed by atoms with E-state index in [-0.39, 0.29) is 5.75 Å². The maximum absolute atomic E-state index is 13.7. The highest BCUT2D eigenvalue weighted by atomic mass is 35.5. The predicted molar refractivity (Wildman–Crippen MR) is 73.6 cm³/mol. The van der Waals surface area contributed by atoms with E-state index in [1.807, 2.05) is 6.07 Å². The van der Waals surface area contributed by atoms with Gasteiger partial charge in [0.25, 0.3) is 0 Å². The van der Waals surface area contributed by atoms with E-state index < -0.39 is 13.9 Å². The van der Waals surface area contributed by atoms with Crippen molar-refractivity contribution in [3.63, 3.8) is 0 Å². The zero-order valence-electron chi connectivity index (χ0n) is 10.0. The van der Waals surface area contributed by atoms with Crippen LogP contribution in [0.3, 0.4) is 0 Å². The van der Waals surface area contributed by atoms with Gasteiger partial charge in [-0.3, -0.25) is 0 Å². The summed E-state index contributed by atoms with van der Waals surface area (Å²) in [5.74, 6) is -0.220. The van der Waals surface area contributed by atoms with Crippen LogP contribution in [0.15, 0.2) is 24.3 Å². The molecule has 0 unspecified atom stereocenters. The first kappa shape index (κ1) is 12.4. The Bertz CT molecular complexity index is 590. The Morgan fingerprint density at radius 3 is 2.35 bits per heavy atom. The van der Waals surface area contributed by atoms with Gasteiger partial charge in [-0.2, -0.15) is 0 Å². The molecule has 0 aliphatic rings. The van der Waals surface area contributed by atoms with Crippen molar-refractivity contribution in [2.45, 2.75) is 19.6 Å².